The highest BCUT2D eigenvalue weighted by atomic mass is 16.2. The van der Waals surface area contributed by atoms with E-state index in [0.29, 0.717) is 5.91 Å². The Labute approximate surface area is 80.3 Å². The molecule has 2 unspecified atom stereocenters. The van der Waals surface area contributed by atoms with Gasteiger partial charge < -0.3 is 4.90 Å². The monoisotopic (exact) mass is 181 g/mol. The van der Waals surface area contributed by atoms with Crippen LogP contribution >= 0.6 is 0 Å². The number of hydrogen-bond acceptors (Lipinski definition) is 1. The van der Waals surface area contributed by atoms with E-state index in [-0.39, 0.29) is 5.92 Å². The Kier molecular flexibility index (Phi) is 2.31. The van der Waals surface area contributed by atoms with E-state index < -0.39 is 0 Å². The molecule has 1 amide bonds. The molecule has 1 aliphatic carbocycles. The standard InChI is InChI=1S/C11H19NO/c1-3-8(4-2)11(13)12-6-9-5-10(9)7-12/h8-10H,3-7H2,1-2H3. The summed E-state index contributed by atoms with van der Waals surface area (Å²) in [5.74, 6) is 2.45. The zero-order valence-electron chi connectivity index (χ0n) is 8.62. The predicted octanol–water partition coefficient (Wildman–Crippen LogP) is 1.90. The second kappa shape index (κ2) is 3.32. The van der Waals surface area contributed by atoms with Gasteiger partial charge in [0.2, 0.25) is 5.91 Å². The third-order valence-corrected chi connectivity index (χ3v) is 3.63. The van der Waals surface area contributed by atoms with Crippen molar-refractivity contribution in [3.05, 3.63) is 0 Å². The fourth-order valence-electron chi connectivity index (χ4n) is 2.47. The maximum Gasteiger partial charge on any atom is 0.225 e. The first-order chi connectivity index (χ1) is 6.26. The summed E-state index contributed by atoms with van der Waals surface area (Å²) >= 11 is 0. The van der Waals surface area contributed by atoms with Gasteiger partial charge in [0.15, 0.2) is 0 Å². The average molecular weight is 181 g/mol. The number of amides is 1. The molecular formula is C11H19NO. The molecule has 2 heteroatoms. The molecule has 0 radical (unpaired) electrons. The number of nitrogens with zero attached hydrogens (tertiary/aromatic N) is 1. The van der Waals surface area contributed by atoms with Crippen LogP contribution in [0.15, 0.2) is 0 Å². The minimum Gasteiger partial charge on any atom is -0.342 e. The lowest BCUT2D eigenvalue weighted by Crippen LogP contribution is -2.35. The SMILES string of the molecule is CCC(CC)C(=O)N1CC2CC2C1. The summed E-state index contributed by atoms with van der Waals surface area (Å²) in [6, 6.07) is 0. The number of hydrogen-bond donors (Lipinski definition) is 0. The van der Waals surface area contributed by atoms with E-state index in [1.54, 1.807) is 0 Å². The van der Waals surface area contributed by atoms with Gasteiger partial charge in [-0.25, -0.2) is 0 Å². The Morgan fingerprint density at radius 3 is 2.31 bits per heavy atom. The molecule has 0 N–H and O–H groups in total. The smallest absolute Gasteiger partial charge is 0.225 e. The van der Waals surface area contributed by atoms with Crippen molar-refractivity contribution in [3.63, 3.8) is 0 Å². The van der Waals surface area contributed by atoms with Crippen LogP contribution in [0.3, 0.4) is 0 Å². The Hall–Kier alpha value is -0.530. The van der Waals surface area contributed by atoms with E-state index in [0.717, 1.165) is 37.8 Å². The molecule has 2 nitrogen and oxygen atoms in total. The molecular weight excluding hydrogens is 162 g/mol. The van der Waals surface area contributed by atoms with Crippen LogP contribution in [0.5, 0.6) is 0 Å². The molecule has 2 rings (SSSR count). The van der Waals surface area contributed by atoms with Crippen molar-refractivity contribution in [3.8, 4) is 0 Å². The van der Waals surface area contributed by atoms with Crippen LogP contribution in [0.1, 0.15) is 33.1 Å². The van der Waals surface area contributed by atoms with Crippen LogP contribution in [0.25, 0.3) is 0 Å². The van der Waals surface area contributed by atoms with Crippen molar-refractivity contribution in [2.75, 3.05) is 13.1 Å². The Morgan fingerprint density at radius 2 is 1.85 bits per heavy atom. The highest BCUT2D eigenvalue weighted by Crippen LogP contribution is 2.45. The second-order valence-electron chi connectivity index (χ2n) is 4.51. The summed E-state index contributed by atoms with van der Waals surface area (Å²) in [5.41, 5.74) is 0. The van der Waals surface area contributed by atoms with Crippen molar-refractivity contribution >= 4 is 5.91 Å². The number of carbonyl (C=O) groups excluding carboxylic acids is 1. The van der Waals surface area contributed by atoms with Crippen molar-refractivity contribution in [1.29, 1.82) is 0 Å². The molecule has 0 aromatic rings. The van der Waals surface area contributed by atoms with Gasteiger partial charge in [-0.3, -0.25) is 4.79 Å². The van der Waals surface area contributed by atoms with E-state index in [2.05, 4.69) is 18.7 Å². The molecule has 0 spiro atoms. The minimum absolute atomic E-state index is 0.289. The van der Waals surface area contributed by atoms with Gasteiger partial charge in [0.25, 0.3) is 0 Å². The number of carbonyl (C=O) groups is 1. The van der Waals surface area contributed by atoms with Gasteiger partial charge in [-0.2, -0.15) is 0 Å². The predicted molar refractivity (Wildman–Crippen MR) is 52.2 cm³/mol. The molecule has 1 aliphatic heterocycles. The summed E-state index contributed by atoms with van der Waals surface area (Å²) in [6.07, 6.45) is 3.38. The lowest BCUT2D eigenvalue weighted by Gasteiger charge is -2.22. The van der Waals surface area contributed by atoms with Gasteiger partial charge in [0.1, 0.15) is 0 Å². The van der Waals surface area contributed by atoms with Crippen molar-refractivity contribution < 1.29 is 4.79 Å². The first-order valence-electron chi connectivity index (χ1n) is 5.55. The molecule has 1 saturated carbocycles. The molecule has 1 saturated heterocycles. The zero-order valence-corrected chi connectivity index (χ0v) is 8.62. The minimum atomic E-state index is 0.289. The maximum atomic E-state index is 11.9. The van der Waals surface area contributed by atoms with Gasteiger partial charge in [-0.15, -0.1) is 0 Å². The van der Waals surface area contributed by atoms with Crippen LogP contribution in [0.4, 0.5) is 0 Å². The van der Waals surface area contributed by atoms with Crippen LogP contribution < -0.4 is 0 Å². The van der Waals surface area contributed by atoms with Crippen molar-refractivity contribution in [2.45, 2.75) is 33.1 Å². The van der Waals surface area contributed by atoms with E-state index in [1.807, 2.05) is 0 Å². The van der Waals surface area contributed by atoms with E-state index >= 15 is 0 Å². The molecule has 1 heterocycles. The topological polar surface area (TPSA) is 20.3 Å². The summed E-state index contributed by atoms with van der Waals surface area (Å²) in [7, 11) is 0. The van der Waals surface area contributed by atoms with Crippen molar-refractivity contribution in [1.82, 2.24) is 4.90 Å². The number of fused-ring (bicyclic) bond motifs is 1. The fourth-order valence-corrected chi connectivity index (χ4v) is 2.47. The van der Waals surface area contributed by atoms with Gasteiger partial charge in [-0.1, -0.05) is 13.8 Å². The fraction of sp³-hybridized carbons (Fsp3) is 0.909. The molecule has 0 bridgehead atoms. The first-order valence-corrected chi connectivity index (χ1v) is 5.55. The second-order valence-corrected chi connectivity index (χ2v) is 4.51. The normalized spacial score (nSPS) is 30.8. The number of piperidine rings is 1. The average Bonchev–Trinajstić information content (AvgIpc) is 2.75. The maximum absolute atomic E-state index is 11.9. The molecule has 13 heavy (non-hydrogen) atoms. The summed E-state index contributed by atoms with van der Waals surface area (Å²) < 4.78 is 0. The molecule has 2 aliphatic rings. The highest BCUT2D eigenvalue weighted by molar-refractivity contribution is 5.79. The highest BCUT2D eigenvalue weighted by Gasteiger charge is 2.46. The van der Waals surface area contributed by atoms with Gasteiger partial charge in [-0.05, 0) is 31.1 Å². The lowest BCUT2D eigenvalue weighted by molar-refractivity contribution is -0.135. The first kappa shape index (κ1) is 9.04. The van der Waals surface area contributed by atoms with Crippen molar-refractivity contribution in [2.24, 2.45) is 17.8 Å². The summed E-state index contributed by atoms with van der Waals surface area (Å²) in [5, 5.41) is 0. The van der Waals surface area contributed by atoms with Crippen LogP contribution in [-0.4, -0.2) is 23.9 Å². The summed E-state index contributed by atoms with van der Waals surface area (Å²) in [4.78, 5) is 14.0. The van der Waals surface area contributed by atoms with Gasteiger partial charge in [0, 0.05) is 19.0 Å². The Bertz CT molecular complexity index is 200. The van der Waals surface area contributed by atoms with Gasteiger partial charge >= 0.3 is 0 Å². The van der Waals surface area contributed by atoms with Crippen LogP contribution in [-0.2, 0) is 4.79 Å². The van der Waals surface area contributed by atoms with E-state index in [1.165, 1.54) is 6.42 Å². The summed E-state index contributed by atoms with van der Waals surface area (Å²) in [6.45, 7) is 6.34. The molecule has 2 fully saturated rings. The Morgan fingerprint density at radius 1 is 1.31 bits per heavy atom. The van der Waals surface area contributed by atoms with Gasteiger partial charge in [0.05, 0.1) is 0 Å². The van der Waals surface area contributed by atoms with Crippen LogP contribution in [0.2, 0.25) is 0 Å². The zero-order chi connectivity index (χ0) is 9.42. The number of likely N-dealkylation sites (tertiary alicyclic amines) is 1. The third-order valence-electron chi connectivity index (χ3n) is 3.63. The van der Waals surface area contributed by atoms with E-state index in [9.17, 15) is 4.79 Å². The molecule has 2 atom stereocenters. The molecule has 0 aromatic carbocycles. The number of rotatable bonds is 3. The molecule has 74 valence electrons. The molecule has 0 aromatic heterocycles. The Balaban J connectivity index is 1.89. The van der Waals surface area contributed by atoms with E-state index in [4.69, 9.17) is 0 Å². The third kappa shape index (κ3) is 1.59. The van der Waals surface area contributed by atoms with Crippen LogP contribution in [0, 0.1) is 17.8 Å². The lowest BCUT2D eigenvalue weighted by atomic mass is 10.0. The quantitative estimate of drug-likeness (QED) is 0.651. The largest absolute Gasteiger partial charge is 0.342 e.